The van der Waals surface area contributed by atoms with Crippen molar-refractivity contribution in [1.29, 1.82) is 0 Å². The molecule has 1 aliphatic rings. The Balaban J connectivity index is 1.25. The summed E-state index contributed by atoms with van der Waals surface area (Å²) in [6.07, 6.45) is 3.28. The monoisotopic (exact) mass is 491 g/mol. The van der Waals surface area contributed by atoms with E-state index in [4.69, 9.17) is 0 Å². The van der Waals surface area contributed by atoms with E-state index in [0.29, 0.717) is 37.4 Å². The van der Waals surface area contributed by atoms with Crippen molar-refractivity contribution in [1.82, 2.24) is 24.6 Å². The Morgan fingerprint density at radius 1 is 0.971 bits per heavy atom. The lowest BCUT2D eigenvalue weighted by Crippen LogP contribution is -2.49. The normalized spacial score (nSPS) is 14.3. The standard InChI is InChI=1S/C24H25N7O3S/c1-17-5-3-4-6-21(17)28-35(33,34)19-9-7-18(8-10-19)24(32)31-13-11-30(12-14-31)23-20-15-27-29(2)22(20)25-16-26-23/h3-10,15-16,28H,11-14H2,1-2H3. The third-order valence-electron chi connectivity index (χ3n) is 6.18. The predicted octanol–water partition coefficient (Wildman–Crippen LogP) is 2.43. The number of benzene rings is 2. The molecule has 0 unspecified atom stereocenters. The first-order valence-electron chi connectivity index (χ1n) is 11.2. The number of fused-ring (bicyclic) bond motifs is 1. The van der Waals surface area contributed by atoms with E-state index in [2.05, 4.69) is 24.7 Å². The fraction of sp³-hybridized carbons (Fsp3) is 0.250. The van der Waals surface area contributed by atoms with Crippen LogP contribution in [0.15, 0.2) is 66.0 Å². The van der Waals surface area contributed by atoms with Gasteiger partial charge in [-0.1, -0.05) is 18.2 Å². The number of carbonyl (C=O) groups excluding carboxylic acids is 1. The number of sulfonamides is 1. The number of anilines is 2. The summed E-state index contributed by atoms with van der Waals surface area (Å²) in [5.74, 6) is 0.681. The first-order chi connectivity index (χ1) is 16.8. The SMILES string of the molecule is Cc1ccccc1NS(=O)(=O)c1ccc(C(=O)N2CCN(c3ncnc4c3cnn4C)CC2)cc1. The average Bonchev–Trinajstić information content (AvgIpc) is 3.26. The lowest BCUT2D eigenvalue weighted by molar-refractivity contribution is 0.0746. The van der Waals surface area contributed by atoms with Crippen molar-refractivity contribution in [2.45, 2.75) is 11.8 Å². The van der Waals surface area contributed by atoms with Crippen molar-refractivity contribution < 1.29 is 13.2 Å². The Hall–Kier alpha value is -3.99. The minimum absolute atomic E-state index is 0.103. The van der Waals surface area contributed by atoms with Crippen LogP contribution in [-0.2, 0) is 17.1 Å². The van der Waals surface area contributed by atoms with E-state index in [1.54, 1.807) is 40.0 Å². The fourth-order valence-corrected chi connectivity index (χ4v) is 5.30. The smallest absolute Gasteiger partial charge is 0.261 e. The van der Waals surface area contributed by atoms with Crippen LogP contribution in [0.2, 0.25) is 0 Å². The minimum Gasteiger partial charge on any atom is -0.352 e. The summed E-state index contributed by atoms with van der Waals surface area (Å²) in [5.41, 5.74) is 2.57. The molecule has 5 rings (SSSR count). The molecule has 2 aromatic heterocycles. The molecule has 0 aliphatic carbocycles. The molecule has 35 heavy (non-hydrogen) atoms. The van der Waals surface area contributed by atoms with Gasteiger partial charge in [0.15, 0.2) is 5.65 Å². The number of aryl methyl sites for hydroxylation is 2. The first kappa shape index (κ1) is 22.8. The van der Waals surface area contributed by atoms with Gasteiger partial charge in [0, 0.05) is 38.8 Å². The van der Waals surface area contributed by atoms with Crippen LogP contribution >= 0.6 is 0 Å². The molecule has 0 atom stereocenters. The molecule has 180 valence electrons. The van der Waals surface area contributed by atoms with Gasteiger partial charge in [-0.3, -0.25) is 14.2 Å². The Morgan fingerprint density at radius 2 is 1.69 bits per heavy atom. The number of amides is 1. The minimum atomic E-state index is -3.76. The molecular formula is C24H25N7O3S. The summed E-state index contributed by atoms with van der Waals surface area (Å²) in [6.45, 7) is 4.14. The van der Waals surface area contributed by atoms with Crippen molar-refractivity contribution in [2.75, 3.05) is 35.8 Å². The molecule has 1 fully saturated rings. The Labute approximate surface area is 203 Å². The molecule has 0 saturated carbocycles. The predicted molar refractivity (Wildman–Crippen MR) is 133 cm³/mol. The number of carbonyl (C=O) groups is 1. The number of piperazine rings is 1. The number of para-hydroxylation sites is 1. The first-order valence-corrected chi connectivity index (χ1v) is 12.7. The molecule has 0 bridgehead atoms. The average molecular weight is 492 g/mol. The summed E-state index contributed by atoms with van der Waals surface area (Å²) in [5, 5.41) is 5.14. The lowest BCUT2D eigenvalue weighted by Gasteiger charge is -2.35. The Bertz CT molecular complexity index is 1490. The van der Waals surface area contributed by atoms with E-state index >= 15 is 0 Å². The van der Waals surface area contributed by atoms with E-state index in [1.807, 2.05) is 26.1 Å². The maximum Gasteiger partial charge on any atom is 0.261 e. The zero-order valence-electron chi connectivity index (χ0n) is 19.4. The maximum absolute atomic E-state index is 13.1. The van der Waals surface area contributed by atoms with Gasteiger partial charge in [0.25, 0.3) is 15.9 Å². The number of rotatable bonds is 5. The highest BCUT2D eigenvalue weighted by atomic mass is 32.2. The molecule has 1 aliphatic heterocycles. The van der Waals surface area contributed by atoms with Crippen LogP contribution in [-0.4, -0.2) is 65.2 Å². The van der Waals surface area contributed by atoms with Crippen molar-refractivity contribution in [3.05, 3.63) is 72.2 Å². The van der Waals surface area contributed by atoms with Crippen molar-refractivity contribution >= 4 is 38.5 Å². The second-order valence-electron chi connectivity index (χ2n) is 8.43. The van der Waals surface area contributed by atoms with Crippen molar-refractivity contribution in [3.8, 4) is 0 Å². The van der Waals surface area contributed by atoms with Crippen LogP contribution in [0.5, 0.6) is 0 Å². The highest BCUT2D eigenvalue weighted by Gasteiger charge is 2.25. The van der Waals surface area contributed by atoms with Gasteiger partial charge in [-0.25, -0.2) is 18.4 Å². The van der Waals surface area contributed by atoms with Gasteiger partial charge in [0.1, 0.15) is 12.1 Å². The van der Waals surface area contributed by atoms with Crippen LogP contribution in [0.4, 0.5) is 11.5 Å². The second-order valence-corrected chi connectivity index (χ2v) is 10.1. The van der Waals surface area contributed by atoms with Crippen LogP contribution in [0.25, 0.3) is 11.0 Å². The van der Waals surface area contributed by atoms with E-state index in [9.17, 15) is 13.2 Å². The number of nitrogens with one attached hydrogen (secondary N) is 1. The van der Waals surface area contributed by atoms with Gasteiger partial charge >= 0.3 is 0 Å². The third kappa shape index (κ3) is 4.42. The van der Waals surface area contributed by atoms with Gasteiger partial charge in [-0.15, -0.1) is 0 Å². The van der Waals surface area contributed by atoms with E-state index in [1.165, 1.54) is 18.5 Å². The molecule has 1 saturated heterocycles. The molecule has 0 spiro atoms. The molecule has 10 nitrogen and oxygen atoms in total. The van der Waals surface area contributed by atoms with E-state index < -0.39 is 10.0 Å². The van der Waals surface area contributed by atoms with Gasteiger partial charge in [0.05, 0.1) is 22.2 Å². The summed E-state index contributed by atoms with van der Waals surface area (Å²) >= 11 is 0. The number of nitrogens with zero attached hydrogens (tertiary/aromatic N) is 6. The fourth-order valence-electron chi connectivity index (χ4n) is 4.17. The van der Waals surface area contributed by atoms with E-state index in [0.717, 1.165) is 22.4 Å². The summed E-state index contributed by atoms with van der Waals surface area (Å²) < 4.78 is 29.9. The molecule has 1 amide bonds. The zero-order chi connectivity index (χ0) is 24.6. The van der Waals surface area contributed by atoms with E-state index in [-0.39, 0.29) is 10.8 Å². The number of aromatic nitrogens is 4. The maximum atomic E-state index is 13.1. The zero-order valence-corrected chi connectivity index (χ0v) is 20.2. The molecule has 1 N–H and O–H groups in total. The van der Waals surface area contributed by atoms with Gasteiger partial charge in [-0.05, 0) is 42.8 Å². The highest BCUT2D eigenvalue weighted by molar-refractivity contribution is 7.92. The largest absolute Gasteiger partial charge is 0.352 e. The molecule has 11 heteroatoms. The molecule has 3 heterocycles. The van der Waals surface area contributed by atoms with Gasteiger partial charge in [0.2, 0.25) is 0 Å². The lowest BCUT2D eigenvalue weighted by atomic mass is 10.2. The van der Waals surface area contributed by atoms with Gasteiger partial charge < -0.3 is 9.80 Å². The molecule has 4 aromatic rings. The summed E-state index contributed by atoms with van der Waals surface area (Å²) in [7, 11) is -1.92. The van der Waals surface area contributed by atoms with Crippen LogP contribution in [0.1, 0.15) is 15.9 Å². The number of hydrogen-bond acceptors (Lipinski definition) is 7. The Kier molecular flexibility index (Phi) is 5.85. The Morgan fingerprint density at radius 3 is 2.40 bits per heavy atom. The number of hydrogen-bond donors (Lipinski definition) is 1. The summed E-state index contributed by atoms with van der Waals surface area (Å²) in [4.78, 5) is 25.8. The van der Waals surface area contributed by atoms with Crippen molar-refractivity contribution in [2.24, 2.45) is 7.05 Å². The quantitative estimate of drug-likeness (QED) is 0.456. The molecule has 0 radical (unpaired) electrons. The molecule has 2 aromatic carbocycles. The van der Waals surface area contributed by atoms with Crippen LogP contribution < -0.4 is 9.62 Å². The summed E-state index contributed by atoms with van der Waals surface area (Å²) in [6, 6.07) is 13.2. The van der Waals surface area contributed by atoms with Crippen LogP contribution in [0, 0.1) is 6.92 Å². The highest BCUT2D eigenvalue weighted by Crippen LogP contribution is 2.24. The van der Waals surface area contributed by atoms with Gasteiger partial charge in [-0.2, -0.15) is 5.10 Å². The topological polar surface area (TPSA) is 113 Å². The van der Waals surface area contributed by atoms with Crippen LogP contribution in [0.3, 0.4) is 0 Å². The molecular weight excluding hydrogens is 466 g/mol. The van der Waals surface area contributed by atoms with Crippen molar-refractivity contribution in [3.63, 3.8) is 0 Å². The second kappa shape index (κ2) is 8.99. The third-order valence-corrected chi connectivity index (χ3v) is 7.56.